The van der Waals surface area contributed by atoms with Gasteiger partial charge in [0.2, 0.25) is 0 Å². The van der Waals surface area contributed by atoms with Crippen molar-refractivity contribution in [3.63, 3.8) is 0 Å². The fraction of sp³-hybridized carbons (Fsp3) is 0.111. The van der Waals surface area contributed by atoms with Crippen LogP contribution < -0.4 is 9.73 Å². The molecule has 196 valence electrons. The van der Waals surface area contributed by atoms with Crippen molar-refractivity contribution in [2.75, 3.05) is 10.8 Å². The Balaban J connectivity index is 1.57. The molecule has 0 atom stereocenters. The maximum Gasteiger partial charge on any atom is 0.264 e. The van der Waals surface area contributed by atoms with Crippen molar-refractivity contribution in [2.24, 2.45) is 5.10 Å². The first kappa shape index (κ1) is 27.7. The van der Waals surface area contributed by atoms with Crippen molar-refractivity contribution in [2.45, 2.75) is 18.7 Å². The van der Waals surface area contributed by atoms with E-state index >= 15 is 0 Å². The standard InChI is InChI=1S/C27H23Cl3N4O3S/c1-18-13-20(19(2)34(18)23-8-6-7-21(28)14-23)16-31-32-27(35)17-33(26-12-11-22(29)15-25(26)30)38(36,37)24-9-4-3-5-10-24/h3-16H,17H2,1-2H3,(H,32,35)/b31-16+. The molecule has 0 saturated carbocycles. The van der Waals surface area contributed by atoms with E-state index in [1.807, 2.05) is 42.7 Å². The summed E-state index contributed by atoms with van der Waals surface area (Å²) in [4.78, 5) is 12.9. The second-order valence-electron chi connectivity index (χ2n) is 8.36. The molecule has 1 aromatic heterocycles. The predicted octanol–water partition coefficient (Wildman–Crippen LogP) is 6.40. The Morgan fingerprint density at radius 2 is 1.66 bits per heavy atom. The van der Waals surface area contributed by atoms with E-state index in [4.69, 9.17) is 34.8 Å². The van der Waals surface area contributed by atoms with Crippen molar-refractivity contribution in [3.05, 3.63) is 111 Å². The number of benzene rings is 3. The number of nitrogens with one attached hydrogen (secondary N) is 1. The molecule has 0 radical (unpaired) electrons. The Labute approximate surface area is 236 Å². The number of hydrazone groups is 1. The van der Waals surface area contributed by atoms with Gasteiger partial charge in [0.1, 0.15) is 6.54 Å². The molecule has 0 fully saturated rings. The van der Waals surface area contributed by atoms with E-state index < -0.39 is 22.5 Å². The first-order valence-electron chi connectivity index (χ1n) is 11.4. The highest BCUT2D eigenvalue weighted by molar-refractivity contribution is 7.92. The lowest BCUT2D eigenvalue weighted by Crippen LogP contribution is -2.39. The molecule has 1 heterocycles. The van der Waals surface area contributed by atoms with Crippen LogP contribution in [0.3, 0.4) is 0 Å². The summed E-state index contributed by atoms with van der Waals surface area (Å²) in [5, 5.41) is 5.10. The van der Waals surface area contributed by atoms with Crippen LogP contribution in [0.15, 0.2) is 88.9 Å². The Kier molecular flexibility index (Phi) is 8.47. The van der Waals surface area contributed by atoms with Gasteiger partial charge in [-0.3, -0.25) is 9.10 Å². The highest BCUT2D eigenvalue weighted by atomic mass is 35.5. The average Bonchev–Trinajstić information content (AvgIpc) is 3.16. The zero-order valence-corrected chi connectivity index (χ0v) is 23.5. The van der Waals surface area contributed by atoms with Crippen LogP contribution in [0.4, 0.5) is 5.69 Å². The third-order valence-electron chi connectivity index (χ3n) is 5.73. The molecule has 1 amide bonds. The number of carbonyl (C=O) groups is 1. The van der Waals surface area contributed by atoms with E-state index in [1.54, 1.807) is 24.3 Å². The van der Waals surface area contributed by atoms with Crippen LogP contribution >= 0.6 is 34.8 Å². The summed E-state index contributed by atoms with van der Waals surface area (Å²) in [5.74, 6) is -0.657. The summed E-state index contributed by atoms with van der Waals surface area (Å²) in [6.45, 7) is 3.32. The SMILES string of the molecule is Cc1cc(/C=N/NC(=O)CN(c2ccc(Cl)cc2Cl)S(=O)(=O)c2ccccc2)c(C)n1-c1cccc(Cl)c1. The number of sulfonamides is 1. The maximum absolute atomic E-state index is 13.4. The van der Waals surface area contributed by atoms with E-state index in [0.29, 0.717) is 10.0 Å². The van der Waals surface area contributed by atoms with Crippen molar-refractivity contribution in [3.8, 4) is 5.69 Å². The second kappa shape index (κ2) is 11.6. The summed E-state index contributed by atoms with van der Waals surface area (Å²) in [6, 6.07) is 21.5. The van der Waals surface area contributed by atoms with Gasteiger partial charge >= 0.3 is 0 Å². The van der Waals surface area contributed by atoms with Crippen LogP contribution in [0.5, 0.6) is 0 Å². The quantitative estimate of drug-likeness (QED) is 0.191. The first-order valence-corrected chi connectivity index (χ1v) is 13.9. The molecule has 0 bridgehead atoms. The van der Waals surface area contributed by atoms with Crippen LogP contribution in [-0.4, -0.2) is 31.7 Å². The third-order valence-corrected chi connectivity index (χ3v) is 8.27. The lowest BCUT2D eigenvalue weighted by molar-refractivity contribution is -0.119. The number of halogens is 3. The van der Waals surface area contributed by atoms with Crippen molar-refractivity contribution in [1.82, 2.24) is 9.99 Å². The number of carbonyl (C=O) groups excluding carboxylic acids is 1. The van der Waals surface area contributed by atoms with E-state index in [1.165, 1.54) is 36.5 Å². The third kappa shape index (κ3) is 6.05. The Bertz CT molecular complexity index is 1620. The van der Waals surface area contributed by atoms with E-state index in [0.717, 1.165) is 26.9 Å². The van der Waals surface area contributed by atoms with Crippen LogP contribution in [0, 0.1) is 13.8 Å². The zero-order chi connectivity index (χ0) is 27.4. The van der Waals surface area contributed by atoms with Gasteiger partial charge in [-0.1, -0.05) is 59.1 Å². The van der Waals surface area contributed by atoms with Gasteiger partial charge < -0.3 is 4.57 Å². The summed E-state index contributed by atoms with van der Waals surface area (Å²) in [5.41, 5.74) is 6.05. The minimum Gasteiger partial charge on any atom is -0.318 e. The van der Waals surface area contributed by atoms with Gasteiger partial charge in [0.05, 0.1) is 21.8 Å². The van der Waals surface area contributed by atoms with Crippen LogP contribution in [0.1, 0.15) is 17.0 Å². The summed E-state index contributed by atoms with van der Waals surface area (Å²) < 4.78 is 29.8. The highest BCUT2D eigenvalue weighted by Crippen LogP contribution is 2.32. The molecule has 7 nitrogen and oxygen atoms in total. The topological polar surface area (TPSA) is 83.8 Å². The Hall–Kier alpha value is -3.30. The smallest absolute Gasteiger partial charge is 0.264 e. The van der Waals surface area contributed by atoms with E-state index in [-0.39, 0.29) is 15.6 Å². The minimum atomic E-state index is -4.13. The monoisotopic (exact) mass is 588 g/mol. The van der Waals surface area contributed by atoms with Gasteiger partial charge in [0.15, 0.2) is 0 Å². The van der Waals surface area contributed by atoms with Gasteiger partial charge in [0, 0.05) is 32.7 Å². The maximum atomic E-state index is 13.4. The number of anilines is 1. The Morgan fingerprint density at radius 3 is 2.34 bits per heavy atom. The molecule has 3 aromatic carbocycles. The molecule has 0 aliphatic rings. The molecule has 1 N–H and O–H groups in total. The number of hydrogen-bond donors (Lipinski definition) is 1. The molecule has 4 aromatic rings. The molecular formula is C27H23Cl3N4O3S. The molecule has 0 aliphatic heterocycles. The number of aryl methyl sites for hydroxylation is 1. The predicted molar refractivity (Wildman–Crippen MR) is 153 cm³/mol. The van der Waals surface area contributed by atoms with Gasteiger partial charge in [-0.25, -0.2) is 13.8 Å². The summed E-state index contributed by atoms with van der Waals surface area (Å²) >= 11 is 18.5. The fourth-order valence-electron chi connectivity index (χ4n) is 3.97. The van der Waals surface area contributed by atoms with Crippen LogP contribution in [-0.2, 0) is 14.8 Å². The Morgan fingerprint density at radius 1 is 0.947 bits per heavy atom. The first-order chi connectivity index (χ1) is 18.1. The molecule has 11 heteroatoms. The number of aromatic nitrogens is 1. The van der Waals surface area contributed by atoms with Gasteiger partial charge in [0.25, 0.3) is 15.9 Å². The van der Waals surface area contributed by atoms with Gasteiger partial charge in [-0.15, -0.1) is 0 Å². The van der Waals surface area contributed by atoms with Crippen LogP contribution in [0.2, 0.25) is 15.1 Å². The number of nitrogens with zero attached hydrogens (tertiary/aromatic N) is 3. The molecular weight excluding hydrogens is 567 g/mol. The lowest BCUT2D eigenvalue weighted by atomic mass is 10.2. The molecule has 0 unspecified atom stereocenters. The highest BCUT2D eigenvalue weighted by Gasteiger charge is 2.28. The van der Waals surface area contributed by atoms with Gasteiger partial charge in [-0.05, 0) is 68.4 Å². The van der Waals surface area contributed by atoms with Gasteiger partial charge in [-0.2, -0.15) is 5.10 Å². The zero-order valence-electron chi connectivity index (χ0n) is 20.4. The molecule has 0 saturated heterocycles. The normalized spacial score (nSPS) is 11.6. The number of rotatable bonds is 8. The van der Waals surface area contributed by atoms with Crippen molar-refractivity contribution >= 4 is 62.6 Å². The fourth-order valence-corrected chi connectivity index (χ4v) is 6.18. The largest absolute Gasteiger partial charge is 0.318 e. The van der Waals surface area contributed by atoms with Crippen molar-refractivity contribution in [1.29, 1.82) is 0 Å². The molecule has 0 spiro atoms. The minimum absolute atomic E-state index is 0.00998. The average molecular weight is 590 g/mol. The molecule has 38 heavy (non-hydrogen) atoms. The van der Waals surface area contributed by atoms with Crippen LogP contribution in [0.25, 0.3) is 5.69 Å². The second-order valence-corrected chi connectivity index (χ2v) is 11.5. The molecule has 4 rings (SSSR count). The lowest BCUT2D eigenvalue weighted by Gasteiger charge is -2.24. The van der Waals surface area contributed by atoms with Crippen molar-refractivity contribution < 1.29 is 13.2 Å². The number of hydrogen-bond acceptors (Lipinski definition) is 4. The summed E-state index contributed by atoms with van der Waals surface area (Å²) in [6.07, 6.45) is 1.51. The van der Waals surface area contributed by atoms with E-state index in [2.05, 4.69) is 10.5 Å². The number of amides is 1. The molecule has 0 aliphatic carbocycles. The van der Waals surface area contributed by atoms with E-state index in [9.17, 15) is 13.2 Å². The summed E-state index contributed by atoms with van der Waals surface area (Å²) in [7, 11) is -4.13.